The maximum Gasteiger partial charge on any atom is 0.410 e. The van der Waals surface area contributed by atoms with Gasteiger partial charge in [0.05, 0.1) is 18.0 Å². The van der Waals surface area contributed by atoms with E-state index in [1.165, 1.54) is 6.42 Å². The van der Waals surface area contributed by atoms with Crippen LogP contribution in [0.1, 0.15) is 59.3 Å². The van der Waals surface area contributed by atoms with Crippen LogP contribution in [0.2, 0.25) is 0 Å². The molecule has 1 amide bonds. The first-order valence-electron chi connectivity index (χ1n) is 7.81. The molecule has 1 heterocycles. The number of piperidine rings is 1. The first-order chi connectivity index (χ1) is 9.42. The Bertz CT molecular complexity index is 390. The van der Waals surface area contributed by atoms with E-state index in [4.69, 9.17) is 4.74 Å². The molecule has 0 aromatic carbocycles. The van der Waals surface area contributed by atoms with Crippen molar-refractivity contribution in [3.05, 3.63) is 0 Å². The molecule has 0 aromatic rings. The minimum absolute atomic E-state index is 0.0171. The third kappa shape index (κ3) is 3.45. The molecule has 2 atom stereocenters. The van der Waals surface area contributed by atoms with Gasteiger partial charge in [0.2, 0.25) is 0 Å². The molecule has 4 nitrogen and oxygen atoms in total. The monoisotopic (exact) mass is 278 g/mol. The van der Waals surface area contributed by atoms with Gasteiger partial charge in [0.15, 0.2) is 0 Å². The molecule has 0 N–H and O–H groups in total. The van der Waals surface area contributed by atoms with E-state index >= 15 is 0 Å². The Labute approximate surface area is 122 Å². The van der Waals surface area contributed by atoms with Crippen molar-refractivity contribution in [2.75, 3.05) is 6.54 Å². The molecule has 112 valence electrons. The fraction of sp³-hybridized carbons (Fsp3) is 0.875. The van der Waals surface area contributed by atoms with Crippen molar-refractivity contribution in [3.63, 3.8) is 0 Å². The van der Waals surface area contributed by atoms with Crippen LogP contribution in [-0.4, -0.2) is 29.2 Å². The zero-order chi connectivity index (χ0) is 14.8. The van der Waals surface area contributed by atoms with Crippen LogP contribution in [0.25, 0.3) is 0 Å². The van der Waals surface area contributed by atoms with Gasteiger partial charge in [-0.1, -0.05) is 6.42 Å². The number of rotatable bonds is 2. The Morgan fingerprint density at radius 3 is 2.45 bits per heavy atom. The summed E-state index contributed by atoms with van der Waals surface area (Å²) >= 11 is 0. The van der Waals surface area contributed by atoms with Gasteiger partial charge in [0.25, 0.3) is 0 Å². The van der Waals surface area contributed by atoms with Crippen molar-refractivity contribution in [2.24, 2.45) is 11.8 Å². The number of likely N-dealkylation sites (tertiary alicyclic amines) is 1. The van der Waals surface area contributed by atoms with Crippen LogP contribution in [-0.2, 0) is 4.74 Å². The largest absolute Gasteiger partial charge is 0.444 e. The third-order valence-corrected chi connectivity index (χ3v) is 4.40. The highest BCUT2D eigenvalue weighted by Gasteiger charge is 2.40. The minimum Gasteiger partial charge on any atom is -0.444 e. The van der Waals surface area contributed by atoms with Crippen molar-refractivity contribution in [3.8, 4) is 6.07 Å². The molecular formula is C16H26N2O2. The fourth-order valence-electron chi connectivity index (χ4n) is 3.18. The van der Waals surface area contributed by atoms with Crippen LogP contribution in [0.5, 0.6) is 0 Å². The van der Waals surface area contributed by atoms with E-state index < -0.39 is 5.60 Å². The maximum atomic E-state index is 12.4. The Morgan fingerprint density at radius 2 is 1.95 bits per heavy atom. The van der Waals surface area contributed by atoms with E-state index in [0.717, 1.165) is 38.6 Å². The number of amides is 1. The first kappa shape index (κ1) is 15.2. The summed E-state index contributed by atoms with van der Waals surface area (Å²) in [5.74, 6) is 0.463. The minimum atomic E-state index is -0.475. The molecular weight excluding hydrogens is 252 g/mol. The van der Waals surface area contributed by atoms with Crippen molar-refractivity contribution in [1.82, 2.24) is 4.90 Å². The lowest BCUT2D eigenvalue weighted by molar-refractivity contribution is -0.00210. The van der Waals surface area contributed by atoms with Gasteiger partial charge in [0, 0.05) is 6.54 Å². The van der Waals surface area contributed by atoms with Crippen molar-refractivity contribution in [2.45, 2.75) is 70.9 Å². The summed E-state index contributed by atoms with van der Waals surface area (Å²) < 4.78 is 5.51. The summed E-state index contributed by atoms with van der Waals surface area (Å²) in [4.78, 5) is 14.2. The summed E-state index contributed by atoms with van der Waals surface area (Å²) in [7, 11) is 0. The first-order valence-corrected chi connectivity index (χ1v) is 7.81. The van der Waals surface area contributed by atoms with Gasteiger partial charge in [-0.05, 0) is 58.8 Å². The normalized spacial score (nSPS) is 25.5. The quantitative estimate of drug-likeness (QED) is 0.773. The number of nitriles is 1. The standard InChI is InChI=1S/C16H26N2O2/c1-16(2,3)20-15(19)18-10-5-4-9-14(18)13(11-17)12-7-6-8-12/h12-14H,4-10H2,1-3H3. The van der Waals surface area contributed by atoms with Gasteiger partial charge in [0.1, 0.15) is 5.60 Å². The van der Waals surface area contributed by atoms with Gasteiger partial charge < -0.3 is 9.64 Å². The highest BCUT2D eigenvalue weighted by molar-refractivity contribution is 5.68. The lowest BCUT2D eigenvalue weighted by atomic mass is 9.71. The van der Waals surface area contributed by atoms with Gasteiger partial charge in [-0.25, -0.2) is 4.79 Å². The fourth-order valence-corrected chi connectivity index (χ4v) is 3.18. The predicted octanol–water partition coefficient (Wildman–Crippen LogP) is 3.72. The Hall–Kier alpha value is -1.24. The van der Waals surface area contributed by atoms with E-state index in [9.17, 15) is 10.1 Å². The van der Waals surface area contributed by atoms with E-state index in [2.05, 4.69) is 6.07 Å². The number of carbonyl (C=O) groups excluding carboxylic acids is 1. The third-order valence-electron chi connectivity index (χ3n) is 4.40. The van der Waals surface area contributed by atoms with Crippen LogP contribution in [0.3, 0.4) is 0 Å². The molecule has 4 heteroatoms. The van der Waals surface area contributed by atoms with Crippen molar-refractivity contribution in [1.29, 1.82) is 5.26 Å². The summed E-state index contributed by atoms with van der Waals surface area (Å²) in [6, 6.07) is 2.52. The number of nitrogens with zero attached hydrogens (tertiary/aromatic N) is 2. The topological polar surface area (TPSA) is 53.3 Å². The molecule has 1 saturated heterocycles. The molecule has 2 unspecified atom stereocenters. The maximum absolute atomic E-state index is 12.4. The van der Waals surface area contributed by atoms with Crippen LogP contribution >= 0.6 is 0 Å². The molecule has 0 radical (unpaired) electrons. The molecule has 1 aliphatic carbocycles. The van der Waals surface area contributed by atoms with Crippen molar-refractivity contribution < 1.29 is 9.53 Å². The second-order valence-electron chi connectivity index (χ2n) is 7.08. The average molecular weight is 278 g/mol. The Morgan fingerprint density at radius 1 is 1.25 bits per heavy atom. The smallest absolute Gasteiger partial charge is 0.410 e. The van der Waals surface area contributed by atoms with E-state index in [0.29, 0.717) is 5.92 Å². The second kappa shape index (κ2) is 6.03. The van der Waals surface area contributed by atoms with Crippen LogP contribution < -0.4 is 0 Å². The molecule has 2 aliphatic rings. The summed E-state index contributed by atoms with van der Waals surface area (Å²) in [5, 5.41) is 9.52. The molecule has 0 aromatic heterocycles. The Kier molecular flexibility index (Phi) is 4.57. The number of hydrogen-bond acceptors (Lipinski definition) is 3. The van der Waals surface area contributed by atoms with E-state index in [1.807, 2.05) is 25.7 Å². The molecule has 20 heavy (non-hydrogen) atoms. The SMILES string of the molecule is CC(C)(C)OC(=O)N1CCCCC1C(C#N)C1CCC1. The molecule has 0 bridgehead atoms. The molecule has 1 saturated carbocycles. The summed E-state index contributed by atoms with van der Waals surface area (Å²) in [6.45, 7) is 6.39. The summed E-state index contributed by atoms with van der Waals surface area (Å²) in [6.07, 6.45) is 6.30. The average Bonchev–Trinajstić information content (AvgIpc) is 2.31. The molecule has 1 aliphatic heterocycles. The van der Waals surface area contributed by atoms with Crippen molar-refractivity contribution >= 4 is 6.09 Å². The number of ether oxygens (including phenoxy) is 1. The number of carbonyl (C=O) groups is 1. The van der Waals surface area contributed by atoms with E-state index in [1.54, 1.807) is 0 Å². The predicted molar refractivity (Wildman–Crippen MR) is 77.0 cm³/mol. The lowest BCUT2D eigenvalue weighted by Gasteiger charge is -2.43. The van der Waals surface area contributed by atoms with Gasteiger partial charge in [-0.3, -0.25) is 0 Å². The van der Waals surface area contributed by atoms with Gasteiger partial charge in [-0.2, -0.15) is 5.26 Å². The van der Waals surface area contributed by atoms with E-state index in [-0.39, 0.29) is 18.1 Å². The molecule has 2 fully saturated rings. The zero-order valence-corrected chi connectivity index (χ0v) is 12.9. The van der Waals surface area contributed by atoms with Crippen LogP contribution in [0.4, 0.5) is 4.79 Å². The van der Waals surface area contributed by atoms with Gasteiger partial charge >= 0.3 is 6.09 Å². The van der Waals surface area contributed by atoms with Gasteiger partial charge in [-0.15, -0.1) is 0 Å². The molecule has 2 rings (SSSR count). The molecule has 0 spiro atoms. The highest BCUT2D eigenvalue weighted by atomic mass is 16.6. The number of hydrogen-bond donors (Lipinski definition) is 0. The second-order valence-corrected chi connectivity index (χ2v) is 7.08. The van der Waals surface area contributed by atoms with Crippen LogP contribution in [0, 0.1) is 23.2 Å². The highest BCUT2D eigenvalue weighted by Crippen LogP contribution is 2.39. The Balaban J connectivity index is 2.08. The zero-order valence-electron chi connectivity index (χ0n) is 12.9. The lowest BCUT2D eigenvalue weighted by Crippen LogP contribution is -2.51. The van der Waals surface area contributed by atoms with Crippen LogP contribution in [0.15, 0.2) is 0 Å². The summed E-state index contributed by atoms with van der Waals surface area (Å²) in [5.41, 5.74) is -0.475.